The maximum Gasteiger partial charge on any atom is 0.164 e. The van der Waals surface area contributed by atoms with E-state index in [2.05, 4.69) is 26.0 Å². The van der Waals surface area contributed by atoms with Crippen molar-refractivity contribution in [3.8, 4) is 11.8 Å². The van der Waals surface area contributed by atoms with Crippen LogP contribution in [0.1, 0.15) is 48.2 Å². The zero-order chi connectivity index (χ0) is 23.2. The highest BCUT2D eigenvalue weighted by molar-refractivity contribution is 6.32. The molecule has 3 N–H and O–H groups in total. The number of aromatic nitrogens is 4. The number of benzene rings is 1. The number of rotatable bonds is 6. The summed E-state index contributed by atoms with van der Waals surface area (Å²) in [5.41, 5.74) is 9.44. The Hall–Kier alpha value is -2.93. The lowest BCUT2D eigenvalue weighted by atomic mass is 9.85. The molecule has 32 heavy (non-hydrogen) atoms. The first-order chi connectivity index (χ1) is 15.3. The molecule has 0 bridgehead atoms. The molecule has 9 nitrogen and oxygen atoms in total. The van der Waals surface area contributed by atoms with Gasteiger partial charge >= 0.3 is 0 Å². The van der Waals surface area contributed by atoms with Crippen LogP contribution < -0.4 is 10.5 Å². The predicted molar refractivity (Wildman–Crippen MR) is 122 cm³/mol. The molecule has 2 aromatic heterocycles. The number of nitrogens with zero attached hydrogens (tertiary/aromatic N) is 6. The summed E-state index contributed by atoms with van der Waals surface area (Å²) in [5.74, 6) is 1.09. The summed E-state index contributed by atoms with van der Waals surface area (Å²) in [6, 6.07) is 3.74. The number of anilines is 1. The highest BCUT2D eigenvalue weighted by atomic mass is 35.5. The van der Waals surface area contributed by atoms with Gasteiger partial charge in [0.15, 0.2) is 5.65 Å². The van der Waals surface area contributed by atoms with Crippen LogP contribution in [0.3, 0.4) is 0 Å². The molecule has 1 aliphatic heterocycles. The Balaban J connectivity index is 1.82. The molecule has 0 amide bonds. The van der Waals surface area contributed by atoms with Crippen LogP contribution in [0.2, 0.25) is 5.02 Å². The number of methoxy groups -OCH3 is 1. The SMILES string of the molecule is COc1c(C(C)n2nc(C)c3c(N)ncnc32)cc(Cl)c(C#N)c1C1CN(CC(C)O)C1. The summed E-state index contributed by atoms with van der Waals surface area (Å²) in [6.45, 7) is 7.64. The van der Waals surface area contributed by atoms with Crippen molar-refractivity contribution in [1.82, 2.24) is 24.6 Å². The van der Waals surface area contributed by atoms with E-state index in [0.717, 1.165) is 29.9 Å². The zero-order valence-corrected chi connectivity index (χ0v) is 19.3. The van der Waals surface area contributed by atoms with E-state index in [1.54, 1.807) is 24.8 Å². The van der Waals surface area contributed by atoms with E-state index >= 15 is 0 Å². The first-order valence-corrected chi connectivity index (χ1v) is 10.8. The molecule has 168 valence electrons. The normalized spacial score (nSPS) is 16.5. The summed E-state index contributed by atoms with van der Waals surface area (Å²) >= 11 is 6.58. The molecular weight excluding hydrogens is 430 g/mol. The van der Waals surface area contributed by atoms with Gasteiger partial charge < -0.3 is 15.6 Å². The van der Waals surface area contributed by atoms with Gasteiger partial charge in [-0.05, 0) is 26.8 Å². The Kier molecular flexibility index (Phi) is 5.95. The van der Waals surface area contributed by atoms with Crippen LogP contribution in [0.25, 0.3) is 11.0 Å². The molecule has 0 aliphatic carbocycles. The topological polar surface area (TPSA) is 126 Å². The van der Waals surface area contributed by atoms with Gasteiger partial charge in [-0.15, -0.1) is 0 Å². The molecule has 1 aromatic carbocycles. The van der Waals surface area contributed by atoms with E-state index in [1.165, 1.54) is 6.33 Å². The minimum atomic E-state index is -0.408. The predicted octanol–water partition coefficient (Wildman–Crippen LogP) is 2.64. The van der Waals surface area contributed by atoms with Crippen molar-refractivity contribution in [1.29, 1.82) is 5.26 Å². The van der Waals surface area contributed by atoms with Gasteiger partial charge in [-0.2, -0.15) is 10.4 Å². The maximum absolute atomic E-state index is 9.83. The number of hydrogen-bond donors (Lipinski definition) is 2. The molecule has 3 heterocycles. The Morgan fingerprint density at radius 2 is 2.09 bits per heavy atom. The Morgan fingerprint density at radius 3 is 2.72 bits per heavy atom. The highest BCUT2D eigenvalue weighted by Crippen LogP contribution is 2.44. The molecule has 1 aliphatic rings. The smallest absolute Gasteiger partial charge is 0.164 e. The van der Waals surface area contributed by atoms with Crippen LogP contribution in [-0.2, 0) is 0 Å². The van der Waals surface area contributed by atoms with Crippen LogP contribution in [-0.4, -0.2) is 62.6 Å². The molecule has 3 aromatic rings. The first kappa shape index (κ1) is 22.3. The number of β-amino-alcohol motifs (C(OH)–C–C–N with tert-alkyl or cyclic N) is 1. The number of hydrogen-bond acceptors (Lipinski definition) is 8. The number of aryl methyl sites for hydroxylation is 1. The lowest BCUT2D eigenvalue weighted by Gasteiger charge is -2.41. The number of nitrogens with two attached hydrogens (primary N) is 1. The number of nitrogen functional groups attached to an aromatic ring is 1. The third kappa shape index (κ3) is 3.64. The van der Waals surface area contributed by atoms with Gasteiger partial charge in [0.1, 0.15) is 24.0 Å². The van der Waals surface area contributed by atoms with Crippen molar-refractivity contribution in [3.63, 3.8) is 0 Å². The van der Waals surface area contributed by atoms with Gasteiger partial charge in [0.05, 0.1) is 40.9 Å². The Morgan fingerprint density at radius 1 is 1.38 bits per heavy atom. The monoisotopic (exact) mass is 455 g/mol. The van der Waals surface area contributed by atoms with Crippen molar-refractivity contribution < 1.29 is 9.84 Å². The number of nitriles is 1. The van der Waals surface area contributed by atoms with Crippen molar-refractivity contribution in [2.45, 2.75) is 38.8 Å². The average molecular weight is 456 g/mol. The maximum atomic E-state index is 9.83. The Labute approximate surface area is 191 Å². The van der Waals surface area contributed by atoms with E-state index in [0.29, 0.717) is 39.7 Å². The molecule has 1 fully saturated rings. The molecular formula is C22H26ClN7O2. The van der Waals surface area contributed by atoms with E-state index in [1.807, 2.05) is 13.8 Å². The number of fused-ring (bicyclic) bond motifs is 1. The van der Waals surface area contributed by atoms with Gasteiger partial charge in [-0.25, -0.2) is 14.6 Å². The fourth-order valence-electron chi connectivity index (χ4n) is 4.56. The summed E-state index contributed by atoms with van der Waals surface area (Å²) in [5, 5.41) is 25.3. The molecule has 1 saturated heterocycles. The minimum Gasteiger partial charge on any atom is -0.496 e. The van der Waals surface area contributed by atoms with E-state index in [9.17, 15) is 10.4 Å². The van der Waals surface area contributed by atoms with Crippen molar-refractivity contribution >= 4 is 28.5 Å². The quantitative estimate of drug-likeness (QED) is 0.580. The number of ether oxygens (including phenoxy) is 1. The van der Waals surface area contributed by atoms with Crippen LogP contribution in [0, 0.1) is 18.3 Å². The fourth-order valence-corrected chi connectivity index (χ4v) is 4.82. The van der Waals surface area contributed by atoms with Gasteiger partial charge in [0, 0.05) is 36.7 Å². The van der Waals surface area contributed by atoms with Crippen LogP contribution >= 0.6 is 11.6 Å². The second kappa shape index (κ2) is 8.54. The van der Waals surface area contributed by atoms with Crippen LogP contribution in [0.15, 0.2) is 12.4 Å². The van der Waals surface area contributed by atoms with Gasteiger partial charge in [0.25, 0.3) is 0 Å². The second-order valence-corrected chi connectivity index (χ2v) is 8.72. The van der Waals surface area contributed by atoms with Crippen LogP contribution in [0.5, 0.6) is 5.75 Å². The fraction of sp³-hybridized carbons (Fsp3) is 0.455. The molecule has 4 rings (SSSR count). The first-order valence-electron chi connectivity index (χ1n) is 10.4. The molecule has 0 radical (unpaired) electrons. The molecule has 0 saturated carbocycles. The largest absolute Gasteiger partial charge is 0.496 e. The third-order valence-corrected chi connectivity index (χ3v) is 6.31. The number of aliphatic hydroxyl groups is 1. The number of likely N-dealkylation sites (tertiary alicyclic amines) is 1. The van der Waals surface area contributed by atoms with Gasteiger partial charge in [-0.1, -0.05) is 11.6 Å². The molecule has 0 spiro atoms. The average Bonchev–Trinajstić information content (AvgIpc) is 3.06. The summed E-state index contributed by atoms with van der Waals surface area (Å²) < 4.78 is 7.64. The lowest BCUT2D eigenvalue weighted by Crippen LogP contribution is -2.48. The molecule has 2 atom stereocenters. The van der Waals surface area contributed by atoms with Gasteiger partial charge in [0.2, 0.25) is 0 Å². The zero-order valence-electron chi connectivity index (χ0n) is 18.5. The standard InChI is InChI=1S/C22H26ClN7O2/c1-11(31)7-29-8-14(9-29)19-16(6-24)17(23)5-15(20(19)32-4)13(3)30-22-18(12(2)28-30)21(25)26-10-27-22/h5,10-11,13-14,31H,7-9H2,1-4H3,(H2,25,26,27). The van der Waals surface area contributed by atoms with Gasteiger partial charge in [-0.3, -0.25) is 4.90 Å². The summed E-state index contributed by atoms with van der Waals surface area (Å²) in [7, 11) is 1.60. The molecule has 2 unspecified atom stereocenters. The van der Waals surface area contributed by atoms with Crippen LogP contribution in [0.4, 0.5) is 5.82 Å². The summed E-state index contributed by atoms with van der Waals surface area (Å²) in [4.78, 5) is 10.6. The number of halogens is 1. The second-order valence-electron chi connectivity index (χ2n) is 8.31. The third-order valence-electron chi connectivity index (χ3n) is 6.01. The van der Waals surface area contributed by atoms with Crippen molar-refractivity contribution in [3.05, 3.63) is 39.8 Å². The minimum absolute atomic E-state index is 0.0806. The van der Waals surface area contributed by atoms with E-state index < -0.39 is 6.10 Å². The summed E-state index contributed by atoms with van der Waals surface area (Å²) in [6.07, 6.45) is 1.01. The van der Waals surface area contributed by atoms with E-state index in [-0.39, 0.29) is 12.0 Å². The highest BCUT2D eigenvalue weighted by Gasteiger charge is 2.35. The lowest BCUT2D eigenvalue weighted by molar-refractivity contribution is 0.0733. The number of aliphatic hydroxyl groups excluding tert-OH is 1. The molecule has 10 heteroatoms. The van der Waals surface area contributed by atoms with Crippen molar-refractivity contribution in [2.24, 2.45) is 0 Å². The Bertz CT molecular complexity index is 1210. The van der Waals surface area contributed by atoms with E-state index in [4.69, 9.17) is 22.1 Å². The van der Waals surface area contributed by atoms with Crippen molar-refractivity contribution in [2.75, 3.05) is 32.5 Å².